The van der Waals surface area contributed by atoms with Gasteiger partial charge in [0, 0.05) is 31.0 Å². The van der Waals surface area contributed by atoms with E-state index in [9.17, 15) is 9.90 Å². The number of hydrogen-bond donors (Lipinski definition) is 3. The lowest BCUT2D eigenvalue weighted by Crippen LogP contribution is -2.51. The van der Waals surface area contributed by atoms with Gasteiger partial charge < -0.3 is 30.0 Å². The maximum atomic E-state index is 12.7. The lowest BCUT2D eigenvalue weighted by Gasteiger charge is -2.41. The molecule has 1 amide bonds. The van der Waals surface area contributed by atoms with Crippen molar-refractivity contribution in [3.63, 3.8) is 0 Å². The molecule has 200 valence electrons. The Morgan fingerprint density at radius 3 is 2.70 bits per heavy atom. The normalized spacial score (nSPS) is 23.7. The van der Waals surface area contributed by atoms with Crippen LogP contribution in [0.4, 0.5) is 4.79 Å². The van der Waals surface area contributed by atoms with Crippen molar-refractivity contribution in [3.8, 4) is 5.75 Å². The molecule has 4 atom stereocenters. The van der Waals surface area contributed by atoms with Crippen molar-refractivity contribution in [1.29, 1.82) is 0 Å². The molecule has 0 radical (unpaired) electrons. The van der Waals surface area contributed by atoms with Gasteiger partial charge in [0.2, 0.25) is 0 Å². The van der Waals surface area contributed by atoms with Crippen LogP contribution in [0.3, 0.4) is 0 Å². The van der Waals surface area contributed by atoms with Crippen LogP contribution in [0.2, 0.25) is 0 Å². The van der Waals surface area contributed by atoms with Gasteiger partial charge in [0.1, 0.15) is 17.5 Å². The van der Waals surface area contributed by atoms with Gasteiger partial charge in [-0.05, 0) is 55.7 Å². The summed E-state index contributed by atoms with van der Waals surface area (Å²) in [7, 11) is 0. The molecule has 2 aliphatic heterocycles. The molecule has 0 bridgehead atoms. The molecule has 3 aliphatic rings. The number of alkyl carbamates (subject to hydrolysis) is 1. The summed E-state index contributed by atoms with van der Waals surface area (Å²) in [5.74, 6) is 0.957. The number of carbonyl (C=O) groups is 1. The Kier molecular flexibility index (Phi) is 8.33. The summed E-state index contributed by atoms with van der Waals surface area (Å²) in [5, 5.41) is 17.9. The maximum absolute atomic E-state index is 12.7. The van der Waals surface area contributed by atoms with Gasteiger partial charge in [-0.1, -0.05) is 49.4 Å². The molecule has 1 saturated carbocycles. The molecule has 1 spiro atoms. The number of aryl methyl sites for hydroxylation is 1. The Labute approximate surface area is 219 Å². The summed E-state index contributed by atoms with van der Waals surface area (Å²) in [6, 6.07) is 16.0. The van der Waals surface area contributed by atoms with Crippen molar-refractivity contribution in [2.24, 2.45) is 0 Å². The summed E-state index contributed by atoms with van der Waals surface area (Å²) in [4.78, 5) is 12.7. The largest absolute Gasteiger partial charge is 0.487 e. The van der Waals surface area contributed by atoms with Gasteiger partial charge in [0.15, 0.2) is 0 Å². The molecule has 5 rings (SSSR count). The highest BCUT2D eigenvalue weighted by atomic mass is 16.6. The minimum Gasteiger partial charge on any atom is -0.487 e. The first kappa shape index (κ1) is 26.0. The molecule has 37 heavy (non-hydrogen) atoms. The van der Waals surface area contributed by atoms with Gasteiger partial charge in [-0.25, -0.2) is 4.79 Å². The summed E-state index contributed by atoms with van der Waals surface area (Å²) >= 11 is 0. The molecule has 1 aliphatic carbocycles. The second kappa shape index (κ2) is 11.8. The molecule has 0 unspecified atom stereocenters. The number of benzene rings is 2. The predicted octanol–water partition coefficient (Wildman–Crippen LogP) is 4.46. The first-order valence-electron chi connectivity index (χ1n) is 13.9. The van der Waals surface area contributed by atoms with E-state index in [4.69, 9.17) is 14.2 Å². The molecular weight excluding hydrogens is 468 g/mol. The molecule has 1 saturated heterocycles. The van der Waals surface area contributed by atoms with Crippen LogP contribution in [0.25, 0.3) is 0 Å². The Morgan fingerprint density at radius 1 is 1.16 bits per heavy atom. The van der Waals surface area contributed by atoms with Crippen LogP contribution >= 0.6 is 0 Å². The van der Waals surface area contributed by atoms with Crippen LogP contribution in [-0.4, -0.2) is 54.8 Å². The fraction of sp³-hybridized carbons (Fsp3) is 0.567. The second-order valence-corrected chi connectivity index (χ2v) is 10.8. The minimum atomic E-state index is -0.798. The van der Waals surface area contributed by atoms with E-state index in [1.165, 1.54) is 18.4 Å². The number of amides is 1. The van der Waals surface area contributed by atoms with E-state index in [-0.39, 0.29) is 17.7 Å². The monoisotopic (exact) mass is 508 g/mol. The molecule has 0 aromatic heterocycles. The average Bonchev–Trinajstić information content (AvgIpc) is 3.59. The third-order valence-electron chi connectivity index (χ3n) is 8.08. The van der Waals surface area contributed by atoms with Crippen molar-refractivity contribution in [1.82, 2.24) is 10.6 Å². The number of carbonyl (C=O) groups excluding carboxylic acids is 1. The Bertz CT molecular complexity index is 1030. The molecule has 2 aromatic carbocycles. The summed E-state index contributed by atoms with van der Waals surface area (Å²) in [6.07, 6.45) is 6.03. The van der Waals surface area contributed by atoms with Crippen LogP contribution in [0.15, 0.2) is 48.5 Å². The smallest absolute Gasteiger partial charge is 0.407 e. The van der Waals surface area contributed by atoms with E-state index in [1.807, 2.05) is 30.3 Å². The number of hydrogen-bond acceptors (Lipinski definition) is 6. The van der Waals surface area contributed by atoms with Crippen molar-refractivity contribution >= 4 is 6.09 Å². The highest BCUT2D eigenvalue weighted by Crippen LogP contribution is 2.47. The first-order chi connectivity index (χ1) is 18.0. The lowest BCUT2D eigenvalue weighted by atomic mass is 9.85. The van der Waals surface area contributed by atoms with Gasteiger partial charge in [-0.15, -0.1) is 0 Å². The van der Waals surface area contributed by atoms with Crippen LogP contribution in [0.1, 0.15) is 68.2 Å². The van der Waals surface area contributed by atoms with Crippen LogP contribution in [-0.2, 0) is 22.3 Å². The topological polar surface area (TPSA) is 89.1 Å². The zero-order valence-corrected chi connectivity index (χ0v) is 21.8. The van der Waals surface area contributed by atoms with Crippen molar-refractivity contribution in [2.75, 3.05) is 19.8 Å². The van der Waals surface area contributed by atoms with Gasteiger partial charge >= 0.3 is 6.09 Å². The fourth-order valence-electron chi connectivity index (χ4n) is 5.95. The van der Waals surface area contributed by atoms with Gasteiger partial charge in [0.05, 0.1) is 25.4 Å². The van der Waals surface area contributed by atoms with E-state index >= 15 is 0 Å². The lowest BCUT2D eigenvalue weighted by molar-refractivity contribution is 0.0321. The molecular formula is C30H40N2O5. The van der Waals surface area contributed by atoms with Gasteiger partial charge in [-0.2, -0.15) is 0 Å². The van der Waals surface area contributed by atoms with E-state index in [1.54, 1.807) is 0 Å². The first-order valence-corrected chi connectivity index (χ1v) is 13.9. The number of fused-ring (bicyclic) bond motifs is 1. The Balaban J connectivity index is 1.29. The Morgan fingerprint density at radius 2 is 1.97 bits per heavy atom. The van der Waals surface area contributed by atoms with E-state index in [0.717, 1.165) is 42.6 Å². The molecule has 2 heterocycles. The standard InChI is InChI=1S/C30H40N2O5/c1-2-21-10-11-28-24(16-21)26(18-30(37-28)13-6-7-14-30)31-19-27(33)25(17-22-8-4-3-5-9-22)32-29(34)36-23-12-15-35-20-23/h3-5,8-11,16,23,25-27,31,33H,2,6-7,12-15,17-20H2,1H3,(H,32,34)/t23-,25-,26-,27+/m0/s1. The number of aliphatic hydroxyl groups excluding tert-OH is 1. The van der Waals surface area contributed by atoms with Gasteiger partial charge in [0.25, 0.3) is 0 Å². The fourth-order valence-corrected chi connectivity index (χ4v) is 5.95. The Hall–Kier alpha value is -2.61. The molecule has 2 fully saturated rings. The second-order valence-electron chi connectivity index (χ2n) is 10.8. The summed E-state index contributed by atoms with van der Waals surface area (Å²) in [5.41, 5.74) is 3.36. The van der Waals surface area contributed by atoms with Crippen molar-refractivity contribution < 1.29 is 24.1 Å². The van der Waals surface area contributed by atoms with E-state index < -0.39 is 18.2 Å². The van der Waals surface area contributed by atoms with E-state index in [0.29, 0.717) is 32.6 Å². The van der Waals surface area contributed by atoms with Crippen LogP contribution in [0, 0.1) is 0 Å². The number of aliphatic hydroxyl groups is 1. The minimum absolute atomic E-state index is 0.0861. The number of ether oxygens (including phenoxy) is 3. The maximum Gasteiger partial charge on any atom is 0.407 e. The zero-order valence-electron chi connectivity index (χ0n) is 21.8. The molecule has 3 N–H and O–H groups in total. The quantitative estimate of drug-likeness (QED) is 0.463. The molecule has 7 nitrogen and oxygen atoms in total. The van der Waals surface area contributed by atoms with Crippen LogP contribution in [0.5, 0.6) is 5.75 Å². The number of rotatable bonds is 9. The zero-order chi connectivity index (χ0) is 25.7. The van der Waals surface area contributed by atoms with E-state index in [2.05, 4.69) is 35.8 Å². The predicted molar refractivity (Wildman–Crippen MR) is 142 cm³/mol. The summed E-state index contributed by atoms with van der Waals surface area (Å²) < 4.78 is 17.4. The molecule has 2 aromatic rings. The van der Waals surface area contributed by atoms with Crippen molar-refractivity contribution in [3.05, 3.63) is 65.2 Å². The third-order valence-corrected chi connectivity index (χ3v) is 8.08. The highest BCUT2D eigenvalue weighted by molar-refractivity contribution is 5.68. The third kappa shape index (κ3) is 6.46. The van der Waals surface area contributed by atoms with Crippen molar-refractivity contribution in [2.45, 2.75) is 88.2 Å². The van der Waals surface area contributed by atoms with Crippen LogP contribution < -0.4 is 15.4 Å². The SMILES string of the molecule is CCc1ccc2c(c1)[C@@H](NC[C@@H](O)[C@H](Cc1ccccc1)NC(=O)O[C@H]1CCOC1)CC1(CCCC1)O2. The average molecular weight is 509 g/mol. The highest BCUT2D eigenvalue weighted by Gasteiger charge is 2.43. The number of nitrogens with one attached hydrogen (secondary N) is 2. The summed E-state index contributed by atoms with van der Waals surface area (Å²) in [6.45, 7) is 3.53. The van der Waals surface area contributed by atoms with Gasteiger partial charge in [-0.3, -0.25) is 0 Å². The molecule has 7 heteroatoms.